The zero-order valence-electron chi connectivity index (χ0n) is 9.90. The molecule has 0 fully saturated rings. The van der Waals surface area contributed by atoms with Gasteiger partial charge in [0, 0.05) is 5.39 Å². The first-order chi connectivity index (χ1) is 9.46. The first-order valence-corrected chi connectivity index (χ1v) is 6.46. The zero-order chi connectivity index (χ0) is 14.3. The van der Waals surface area contributed by atoms with Crippen molar-refractivity contribution < 1.29 is 17.6 Å². The second-order valence-electron chi connectivity index (χ2n) is 4.14. The predicted octanol–water partition coefficient (Wildman–Crippen LogP) is 4.56. The molecule has 0 aliphatic heterocycles. The van der Waals surface area contributed by atoms with Gasteiger partial charge >= 0.3 is 5.51 Å². The van der Waals surface area contributed by atoms with Crippen LogP contribution in [0, 0.1) is 0 Å². The van der Waals surface area contributed by atoms with E-state index in [1.165, 1.54) is 6.07 Å². The van der Waals surface area contributed by atoms with E-state index in [1.807, 2.05) is 12.1 Å². The van der Waals surface area contributed by atoms with Crippen molar-refractivity contribution in [2.24, 2.45) is 0 Å². The van der Waals surface area contributed by atoms with E-state index in [1.54, 1.807) is 18.2 Å². The van der Waals surface area contributed by atoms with E-state index in [0.717, 1.165) is 11.6 Å². The highest BCUT2D eigenvalue weighted by Gasteiger charge is 2.31. The number of thioether (sulfide) groups is 1. The molecule has 1 aromatic heterocycles. The Morgan fingerprint density at radius 1 is 1.00 bits per heavy atom. The van der Waals surface area contributed by atoms with E-state index < -0.39 is 27.6 Å². The lowest BCUT2D eigenvalue weighted by Gasteiger charge is -2.06. The van der Waals surface area contributed by atoms with Crippen LogP contribution in [-0.4, -0.2) is 5.51 Å². The molecular formula is C14H7F3O2S. The Bertz CT molecular complexity index is 852. The van der Waals surface area contributed by atoms with Crippen LogP contribution in [0.5, 0.6) is 0 Å². The maximum absolute atomic E-state index is 12.4. The summed E-state index contributed by atoms with van der Waals surface area (Å²) in [6.45, 7) is 0. The molecule has 0 N–H and O–H groups in total. The molecular weight excluding hydrogens is 289 g/mol. The Morgan fingerprint density at radius 2 is 1.75 bits per heavy atom. The van der Waals surface area contributed by atoms with Crippen molar-refractivity contribution >= 4 is 33.5 Å². The molecule has 6 heteroatoms. The van der Waals surface area contributed by atoms with Crippen molar-refractivity contribution in [1.29, 1.82) is 0 Å². The lowest BCUT2D eigenvalue weighted by molar-refractivity contribution is -0.0329. The first-order valence-electron chi connectivity index (χ1n) is 5.65. The number of hydrogen-bond acceptors (Lipinski definition) is 3. The number of fused-ring (bicyclic) bond motifs is 3. The number of halogens is 3. The van der Waals surface area contributed by atoms with Crippen LogP contribution < -0.4 is 5.43 Å². The van der Waals surface area contributed by atoms with Crippen molar-refractivity contribution in [3.05, 3.63) is 52.9 Å². The molecule has 0 saturated carbocycles. The fourth-order valence-corrected chi connectivity index (χ4v) is 2.59. The van der Waals surface area contributed by atoms with Gasteiger partial charge in [-0.2, -0.15) is 13.2 Å². The fourth-order valence-electron chi connectivity index (χ4n) is 2.04. The monoisotopic (exact) mass is 296 g/mol. The maximum atomic E-state index is 12.4. The number of benzene rings is 2. The Hall–Kier alpha value is -1.95. The normalized spacial score (nSPS) is 12.2. The Balaban J connectivity index is 2.29. The minimum Gasteiger partial charge on any atom is -0.462 e. The average molecular weight is 296 g/mol. The highest BCUT2D eigenvalue weighted by molar-refractivity contribution is 8.00. The van der Waals surface area contributed by atoms with Gasteiger partial charge in [0.1, 0.15) is 11.8 Å². The molecule has 2 aromatic carbocycles. The zero-order valence-corrected chi connectivity index (χ0v) is 10.7. The predicted molar refractivity (Wildman–Crippen MR) is 71.9 cm³/mol. The van der Waals surface area contributed by atoms with Crippen LogP contribution in [0.1, 0.15) is 0 Å². The van der Waals surface area contributed by atoms with E-state index in [9.17, 15) is 18.0 Å². The number of rotatable bonds is 1. The Labute approximate surface area is 115 Å². The summed E-state index contributed by atoms with van der Waals surface area (Å²) in [5.41, 5.74) is -4.88. The van der Waals surface area contributed by atoms with Crippen LogP contribution >= 0.6 is 11.8 Å². The van der Waals surface area contributed by atoms with Gasteiger partial charge in [0.25, 0.3) is 0 Å². The molecule has 0 unspecified atom stereocenters. The van der Waals surface area contributed by atoms with Crippen molar-refractivity contribution in [2.45, 2.75) is 10.4 Å². The van der Waals surface area contributed by atoms with Crippen LogP contribution in [0.15, 0.2) is 56.8 Å². The van der Waals surface area contributed by atoms with Crippen molar-refractivity contribution in [1.82, 2.24) is 0 Å². The highest BCUT2D eigenvalue weighted by Crippen LogP contribution is 2.36. The molecule has 0 aliphatic rings. The van der Waals surface area contributed by atoms with Crippen molar-refractivity contribution in [3.63, 3.8) is 0 Å². The fraction of sp³-hybridized carbons (Fsp3) is 0.0714. The van der Waals surface area contributed by atoms with Crippen LogP contribution in [0.2, 0.25) is 0 Å². The summed E-state index contributed by atoms with van der Waals surface area (Å²) in [7, 11) is 0. The van der Waals surface area contributed by atoms with Crippen molar-refractivity contribution in [3.8, 4) is 0 Å². The Kier molecular flexibility index (Phi) is 2.97. The second-order valence-corrected chi connectivity index (χ2v) is 5.25. The molecule has 0 spiro atoms. The number of hydrogen-bond donors (Lipinski definition) is 0. The summed E-state index contributed by atoms with van der Waals surface area (Å²) in [5, 5.41) is 1.71. The third-order valence-electron chi connectivity index (χ3n) is 2.86. The molecule has 102 valence electrons. The second kappa shape index (κ2) is 4.56. The molecule has 0 bridgehead atoms. The molecule has 0 atom stereocenters. The molecule has 0 aliphatic carbocycles. The van der Waals surface area contributed by atoms with Gasteiger partial charge in [0.05, 0.1) is 10.3 Å². The molecule has 2 nitrogen and oxygen atoms in total. The topological polar surface area (TPSA) is 30.2 Å². The summed E-state index contributed by atoms with van der Waals surface area (Å²) in [4.78, 5) is 11.6. The number of alkyl halides is 3. The minimum absolute atomic E-state index is 0.151. The van der Waals surface area contributed by atoms with Crippen LogP contribution in [-0.2, 0) is 0 Å². The van der Waals surface area contributed by atoms with Gasteiger partial charge in [-0.3, -0.25) is 4.79 Å². The van der Waals surface area contributed by atoms with Gasteiger partial charge < -0.3 is 4.42 Å². The third kappa shape index (κ3) is 2.27. The summed E-state index contributed by atoms with van der Waals surface area (Å²) >= 11 is -0.459. The maximum Gasteiger partial charge on any atom is 0.446 e. The minimum atomic E-state index is -4.51. The van der Waals surface area contributed by atoms with Gasteiger partial charge in [0.15, 0.2) is 0 Å². The standard InChI is InChI=1S/C14H7F3O2S/c15-14(16,17)20-11-7-19-13-9-4-2-1-3-8(9)5-6-10(13)12(11)18/h1-7H. The smallest absolute Gasteiger partial charge is 0.446 e. The molecule has 1 heterocycles. The molecule has 3 aromatic rings. The van der Waals surface area contributed by atoms with E-state index in [-0.39, 0.29) is 5.39 Å². The Morgan fingerprint density at radius 3 is 2.50 bits per heavy atom. The summed E-state index contributed by atoms with van der Waals surface area (Å²) in [6, 6.07) is 10.4. The van der Waals surface area contributed by atoms with Crippen molar-refractivity contribution in [2.75, 3.05) is 0 Å². The molecule has 0 amide bonds. The van der Waals surface area contributed by atoms with E-state index in [0.29, 0.717) is 11.0 Å². The molecule has 0 saturated heterocycles. The molecule has 3 rings (SSSR count). The SMILES string of the molecule is O=c1c(SC(F)(F)F)coc2c1ccc1ccccc12. The summed E-state index contributed by atoms with van der Waals surface area (Å²) < 4.78 is 42.3. The van der Waals surface area contributed by atoms with E-state index >= 15 is 0 Å². The van der Waals surface area contributed by atoms with Gasteiger partial charge in [-0.25, -0.2) is 0 Å². The molecule has 20 heavy (non-hydrogen) atoms. The lowest BCUT2D eigenvalue weighted by Crippen LogP contribution is -2.09. The van der Waals surface area contributed by atoms with Crippen LogP contribution in [0.4, 0.5) is 13.2 Å². The van der Waals surface area contributed by atoms with Gasteiger partial charge in [0.2, 0.25) is 5.43 Å². The first kappa shape index (κ1) is 13.1. The molecule has 0 radical (unpaired) electrons. The van der Waals surface area contributed by atoms with Gasteiger partial charge in [-0.1, -0.05) is 30.3 Å². The summed E-state index contributed by atoms with van der Waals surface area (Å²) in [6.07, 6.45) is 0.870. The summed E-state index contributed by atoms with van der Waals surface area (Å²) in [5.74, 6) is 0. The van der Waals surface area contributed by atoms with Gasteiger partial charge in [-0.15, -0.1) is 0 Å². The highest BCUT2D eigenvalue weighted by atomic mass is 32.2. The average Bonchev–Trinajstić information content (AvgIpc) is 2.40. The van der Waals surface area contributed by atoms with E-state index in [4.69, 9.17) is 4.42 Å². The van der Waals surface area contributed by atoms with Crippen LogP contribution in [0.3, 0.4) is 0 Å². The largest absolute Gasteiger partial charge is 0.462 e. The van der Waals surface area contributed by atoms with Gasteiger partial charge in [-0.05, 0) is 23.2 Å². The third-order valence-corrected chi connectivity index (χ3v) is 3.59. The van der Waals surface area contributed by atoms with E-state index in [2.05, 4.69) is 0 Å². The quantitative estimate of drug-likeness (QED) is 0.487. The lowest BCUT2D eigenvalue weighted by atomic mass is 10.1. The van der Waals surface area contributed by atoms with Crippen LogP contribution in [0.25, 0.3) is 21.7 Å².